The molecule has 0 aromatic rings. The maximum atomic E-state index is 12.6. The van der Waals surface area contributed by atoms with Crippen molar-refractivity contribution in [2.24, 2.45) is 11.7 Å². The van der Waals surface area contributed by atoms with Gasteiger partial charge in [0.15, 0.2) is 0 Å². The molecular weight excluding hydrogens is 574 g/mol. The van der Waals surface area contributed by atoms with E-state index in [1.807, 2.05) is 32.3 Å². The number of rotatable bonds is 13. The molecule has 3 aliphatic rings. The second-order valence-electron chi connectivity index (χ2n) is 12.0. The van der Waals surface area contributed by atoms with Crippen LogP contribution < -0.4 is 11.1 Å². The Morgan fingerprint density at radius 3 is 2.63 bits per heavy atom. The van der Waals surface area contributed by atoms with E-state index in [4.69, 9.17) is 24.7 Å². The molecule has 12 heteroatoms. The summed E-state index contributed by atoms with van der Waals surface area (Å²) in [5, 5.41) is 13.8. The van der Waals surface area contributed by atoms with Gasteiger partial charge in [0.25, 0.3) is 0 Å². The first kappa shape index (κ1) is 35.1. The van der Waals surface area contributed by atoms with Gasteiger partial charge in [0.2, 0.25) is 11.8 Å². The molecule has 11 nitrogen and oxygen atoms in total. The van der Waals surface area contributed by atoms with E-state index in [1.54, 1.807) is 31.8 Å². The van der Waals surface area contributed by atoms with Crippen LogP contribution >= 0.6 is 11.8 Å². The number of nitrogens with zero attached hydrogens (tertiary/aromatic N) is 1. The summed E-state index contributed by atoms with van der Waals surface area (Å²) in [6, 6.07) is -0.140. The molecule has 0 aliphatic carbocycles. The van der Waals surface area contributed by atoms with Gasteiger partial charge in [0.05, 0.1) is 37.4 Å². The fraction of sp³-hybridized carbons (Fsp3) is 0.710. The van der Waals surface area contributed by atoms with Gasteiger partial charge in [0, 0.05) is 31.8 Å². The van der Waals surface area contributed by atoms with Crippen molar-refractivity contribution in [1.82, 2.24) is 10.2 Å². The first-order chi connectivity index (χ1) is 20.3. The molecule has 43 heavy (non-hydrogen) atoms. The minimum absolute atomic E-state index is 0.0100. The number of nitrogens with one attached hydrogen (secondary N) is 1. The van der Waals surface area contributed by atoms with Gasteiger partial charge >= 0.3 is 6.09 Å². The Bertz CT molecular complexity index is 1060. The van der Waals surface area contributed by atoms with E-state index in [9.17, 15) is 19.5 Å². The third-order valence-corrected chi connectivity index (χ3v) is 8.82. The van der Waals surface area contributed by atoms with Gasteiger partial charge in [-0.1, -0.05) is 30.7 Å². The summed E-state index contributed by atoms with van der Waals surface area (Å²) in [5.74, 6) is 0.336. The Hall–Kier alpha value is -2.38. The van der Waals surface area contributed by atoms with E-state index < -0.39 is 35.9 Å². The average molecular weight is 624 g/mol. The van der Waals surface area contributed by atoms with Gasteiger partial charge in [-0.25, -0.2) is 4.79 Å². The number of hydrogen-bond acceptors (Lipinski definition) is 9. The van der Waals surface area contributed by atoms with Gasteiger partial charge in [0.1, 0.15) is 23.9 Å². The number of carbonyl (C=O) groups is 3. The molecule has 0 bridgehead atoms. The summed E-state index contributed by atoms with van der Waals surface area (Å²) in [6.07, 6.45) is 9.86. The molecule has 0 aromatic carbocycles. The van der Waals surface area contributed by atoms with Crippen LogP contribution in [0.25, 0.3) is 0 Å². The Labute approximate surface area is 259 Å². The molecule has 4 N–H and O–H groups in total. The summed E-state index contributed by atoms with van der Waals surface area (Å²) in [7, 11) is 1.69. The zero-order chi connectivity index (χ0) is 31.7. The lowest BCUT2D eigenvalue weighted by molar-refractivity contribution is -0.143. The van der Waals surface area contributed by atoms with Crippen LogP contribution in [0.2, 0.25) is 0 Å². The Morgan fingerprint density at radius 1 is 1.26 bits per heavy atom. The minimum Gasteiger partial charge on any atom is -0.442 e. The molecule has 0 radical (unpaired) electrons. The van der Waals surface area contributed by atoms with E-state index in [0.717, 1.165) is 17.7 Å². The Morgan fingerprint density at radius 2 is 1.98 bits per heavy atom. The van der Waals surface area contributed by atoms with E-state index in [-0.39, 0.29) is 42.6 Å². The van der Waals surface area contributed by atoms with Crippen molar-refractivity contribution < 1.29 is 38.4 Å². The van der Waals surface area contributed by atoms with Crippen LogP contribution in [0.15, 0.2) is 36.0 Å². The lowest BCUT2D eigenvalue weighted by Crippen LogP contribution is -2.50. The number of aliphatic hydroxyl groups excluding tert-OH is 1. The van der Waals surface area contributed by atoms with Gasteiger partial charge in [-0.05, 0) is 51.9 Å². The highest BCUT2D eigenvalue weighted by atomic mass is 32.2. The zero-order valence-corrected chi connectivity index (χ0v) is 27.0. The maximum absolute atomic E-state index is 12.6. The van der Waals surface area contributed by atoms with Crippen molar-refractivity contribution >= 4 is 29.7 Å². The van der Waals surface area contributed by atoms with E-state index >= 15 is 0 Å². The fourth-order valence-electron chi connectivity index (χ4n) is 5.42. The number of thioether (sulfide) groups is 1. The summed E-state index contributed by atoms with van der Waals surface area (Å²) in [6.45, 7) is 8.81. The predicted molar refractivity (Wildman–Crippen MR) is 165 cm³/mol. The smallest absolute Gasteiger partial charge is 0.410 e. The SMILES string of the molecule is CSCCN(C)C(=O)OC(C)C=CC(=O)N[C@@H]1C[C@H](C)[C@H](CC=C(C)C=C[C@H]2O[C@H](CC(N)=O)C[C@@]3(CO3)[C@@H]2O)O[C@@H]1C. The zero-order valence-electron chi connectivity index (χ0n) is 26.2. The van der Waals surface area contributed by atoms with Crippen LogP contribution in [0.1, 0.15) is 53.4 Å². The maximum Gasteiger partial charge on any atom is 0.410 e. The van der Waals surface area contributed by atoms with Crippen molar-refractivity contribution in [3.63, 3.8) is 0 Å². The number of allylic oxidation sites excluding steroid dienone is 2. The first-order valence-corrected chi connectivity index (χ1v) is 16.4. The van der Waals surface area contributed by atoms with Gasteiger partial charge < -0.3 is 40.0 Å². The molecule has 242 valence electrons. The van der Waals surface area contributed by atoms with Crippen LogP contribution in [-0.2, 0) is 28.5 Å². The minimum atomic E-state index is -0.806. The quantitative estimate of drug-likeness (QED) is 0.160. The lowest BCUT2D eigenvalue weighted by atomic mass is 9.87. The van der Waals surface area contributed by atoms with E-state index in [0.29, 0.717) is 26.0 Å². The average Bonchev–Trinajstić information content (AvgIpc) is 3.72. The largest absolute Gasteiger partial charge is 0.442 e. The third-order valence-electron chi connectivity index (χ3n) is 8.23. The highest BCUT2D eigenvalue weighted by Crippen LogP contribution is 2.43. The van der Waals surface area contributed by atoms with Gasteiger partial charge in [-0.3, -0.25) is 9.59 Å². The number of ether oxygens (including phenoxy) is 4. The summed E-state index contributed by atoms with van der Waals surface area (Å²) < 4.78 is 23.1. The fourth-order valence-corrected chi connectivity index (χ4v) is 5.87. The topological polar surface area (TPSA) is 153 Å². The highest BCUT2D eigenvalue weighted by Gasteiger charge is 2.58. The highest BCUT2D eigenvalue weighted by molar-refractivity contribution is 7.98. The number of hydrogen-bond donors (Lipinski definition) is 3. The van der Waals surface area contributed by atoms with Crippen molar-refractivity contribution in [2.45, 2.75) is 102 Å². The molecule has 3 aliphatic heterocycles. The summed E-state index contributed by atoms with van der Waals surface area (Å²) in [5.41, 5.74) is 5.70. The molecule has 9 atom stereocenters. The van der Waals surface area contributed by atoms with E-state index in [2.05, 4.69) is 18.3 Å². The molecule has 3 fully saturated rings. The molecule has 3 rings (SSSR count). The number of primary amides is 1. The monoisotopic (exact) mass is 623 g/mol. The van der Waals surface area contributed by atoms with Crippen LogP contribution in [-0.4, -0.2) is 108 Å². The Balaban J connectivity index is 1.45. The number of epoxide rings is 1. The molecular formula is C31H49N3O8S. The third kappa shape index (κ3) is 10.6. The summed E-state index contributed by atoms with van der Waals surface area (Å²) >= 11 is 1.65. The molecule has 3 saturated heterocycles. The lowest BCUT2D eigenvalue weighted by Gasteiger charge is -2.39. The molecule has 1 spiro atoms. The summed E-state index contributed by atoms with van der Waals surface area (Å²) in [4.78, 5) is 37.6. The molecule has 0 aromatic heterocycles. The first-order valence-electron chi connectivity index (χ1n) is 15.0. The second-order valence-corrected chi connectivity index (χ2v) is 13.0. The van der Waals surface area contributed by atoms with Crippen molar-refractivity contribution in [2.75, 3.05) is 32.2 Å². The second kappa shape index (κ2) is 16.1. The number of carbonyl (C=O) groups excluding carboxylic acids is 3. The normalized spacial score (nSPS) is 33.5. The predicted octanol–water partition coefficient (Wildman–Crippen LogP) is 2.72. The standard InChI is InChI=1S/C31H49N3O8S/c1-19(8-11-26-29(37)31(18-39-31)17-23(42-26)16-27(32)35)7-10-25-20(2)15-24(22(4)41-25)33-28(36)12-9-21(3)40-30(38)34(5)13-14-43-6/h7-9,11-12,20-26,29,37H,10,13-18H2,1-6H3,(H2,32,35)(H,33,36)/t20-,21?,22+,23+,24+,25-,26+,29+,31+/m0/s1. The van der Waals surface area contributed by atoms with Gasteiger partial charge in [-0.2, -0.15) is 11.8 Å². The van der Waals surface area contributed by atoms with Crippen molar-refractivity contribution in [3.05, 3.63) is 36.0 Å². The number of aliphatic hydroxyl groups is 1. The van der Waals surface area contributed by atoms with Gasteiger partial charge in [-0.15, -0.1) is 0 Å². The van der Waals surface area contributed by atoms with E-state index in [1.165, 1.54) is 11.0 Å². The molecule has 1 unspecified atom stereocenters. The van der Waals surface area contributed by atoms with Crippen LogP contribution in [0.5, 0.6) is 0 Å². The molecule has 0 saturated carbocycles. The van der Waals surface area contributed by atoms with Crippen molar-refractivity contribution in [1.29, 1.82) is 0 Å². The number of amides is 3. The van der Waals surface area contributed by atoms with Crippen LogP contribution in [0.3, 0.4) is 0 Å². The molecule has 3 heterocycles. The van der Waals surface area contributed by atoms with Crippen LogP contribution in [0.4, 0.5) is 4.79 Å². The van der Waals surface area contributed by atoms with Crippen molar-refractivity contribution in [3.8, 4) is 0 Å². The molecule has 3 amide bonds. The number of nitrogens with two attached hydrogens (primary N) is 1. The Kier molecular flexibility index (Phi) is 13.1. The van der Waals surface area contributed by atoms with Crippen LogP contribution in [0, 0.1) is 5.92 Å².